The van der Waals surface area contributed by atoms with Crippen LogP contribution in [0.1, 0.15) is 16.8 Å². The number of hydrogen-bond acceptors (Lipinski definition) is 5. The van der Waals surface area contributed by atoms with Crippen LogP contribution < -0.4 is 15.7 Å². The molecule has 0 radical (unpaired) electrons. The summed E-state index contributed by atoms with van der Waals surface area (Å²) in [5, 5.41) is 4.09. The Bertz CT molecular complexity index is 920. The molecule has 0 bridgehead atoms. The molecule has 6 nitrogen and oxygen atoms in total. The van der Waals surface area contributed by atoms with Gasteiger partial charge in [0.15, 0.2) is 0 Å². The summed E-state index contributed by atoms with van der Waals surface area (Å²) in [6.07, 6.45) is 1.64. The molecule has 0 unspecified atom stereocenters. The van der Waals surface area contributed by atoms with Crippen molar-refractivity contribution in [2.75, 3.05) is 5.43 Å². The molecule has 126 valence electrons. The molecule has 6 heteroatoms. The highest BCUT2D eigenvalue weighted by Gasteiger charge is 1.98. The summed E-state index contributed by atoms with van der Waals surface area (Å²) in [5.41, 5.74) is 5.09. The zero-order valence-electron chi connectivity index (χ0n) is 13.8. The number of benzene rings is 2. The molecule has 25 heavy (non-hydrogen) atoms. The van der Waals surface area contributed by atoms with Gasteiger partial charge in [-0.2, -0.15) is 5.10 Å². The van der Waals surface area contributed by atoms with Crippen molar-refractivity contribution in [3.8, 4) is 5.75 Å². The maximum atomic E-state index is 11.4. The Morgan fingerprint density at radius 1 is 1.16 bits per heavy atom. The van der Waals surface area contributed by atoms with Crippen molar-refractivity contribution in [1.82, 2.24) is 9.97 Å². The van der Waals surface area contributed by atoms with Gasteiger partial charge in [0.25, 0.3) is 5.56 Å². The van der Waals surface area contributed by atoms with Crippen LogP contribution in [0.5, 0.6) is 5.75 Å². The minimum atomic E-state index is -0.221. The molecule has 2 N–H and O–H groups in total. The van der Waals surface area contributed by atoms with Crippen LogP contribution in [-0.2, 0) is 6.61 Å². The number of anilines is 1. The Hall–Kier alpha value is -3.41. The SMILES string of the molecule is Cc1cc(=O)[nH]c(N/N=C\c2cccc(OCc3ccccc3)c2)n1. The van der Waals surface area contributed by atoms with E-state index in [2.05, 4.69) is 20.5 Å². The topological polar surface area (TPSA) is 79.4 Å². The first-order valence-corrected chi connectivity index (χ1v) is 7.83. The van der Waals surface area contributed by atoms with E-state index in [0.717, 1.165) is 16.9 Å². The van der Waals surface area contributed by atoms with E-state index >= 15 is 0 Å². The number of H-pyrrole nitrogens is 1. The Labute approximate surface area is 145 Å². The highest BCUT2D eigenvalue weighted by molar-refractivity contribution is 5.80. The van der Waals surface area contributed by atoms with E-state index in [1.807, 2.05) is 54.6 Å². The lowest BCUT2D eigenvalue weighted by Crippen LogP contribution is -2.10. The van der Waals surface area contributed by atoms with Crippen LogP contribution in [0.25, 0.3) is 0 Å². The molecule has 0 aliphatic heterocycles. The van der Waals surface area contributed by atoms with Gasteiger partial charge in [-0.3, -0.25) is 9.78 Å². The molecule has 0 aliphatic carbocycles. The van der Waals surface area contributed by atoms with Gasteiger partial charge in [0.2, 0.25) is 5.95 Å². The predicted molar refractivity (Wildman–Crippen MR) is 98.0 cm³/mol. The molecule has 0 spiro atoms. The number of ether oxygens (including phenoxy) is 1. The number of nitrogens with zero attached hydrogens (tertiary/aromatic N) is 2. The van der Waals surface area contributed by atoms with Gasteiger partial charge in [-0.25, -0.2) is 10.4 Å². The summed E-state index contributed by atoms with van der Waals surface area (Å²) in [6, 6.07) is 19.0. The van der Waals surface area contributed by atoms with Crippen LogP contribution in [0.15, 0.2) is 70.6 Å². The summed E-state index contributed by atoms with van der Waals surface area (Å²) < 4.78 is 5.79. The lowest BCUT2D eigenvalue weighted by atomic mass is 10.2. The fraction of sp³-hybridized carbons (Fsp3) is 0.105. The van der Waals surface area contributed by atoms with Crippen molar-refractivity contribution in [3.63, 3.8) is 0 Å². The van der Waals surface area contributed by atoms with E-state index in [-0.39, 0.29) is 5.56 Å². The standard InChI is InChI=1S/C19H18N4O2/c1-14-10-18(24)22-19(21-14)23-20-12-16-8-5-9-17(11-16)25-13-15-6-3-2-4-7-15/h2-12H,13H2,1H3,(H2,21,22,23,24)/b20-12-. The third-order valence-electron chi connectivity index (χ3n) is 3.36. The zero-order chi connectivity index (χ0) is 17.5. The number of rotatable bonds is 6. The predicted octanol–water partition coefficient (Wildman–Crippen LogP) is 3.10. The van der Waals surface area contributed by atoms with Crippen molar-refractivity contribution in [1.29, 1.82) is 0 Å². The minimum Gasteiger partial charge on any atom is -0.489 e. The normalized spacial score (nSPS) is 10.8. The monoisotopic (exact) mass is 334 g/mol. The largest absolute Gasteiger partial charge is 0.489 e. The molecule has 1 heterocycles. The average Bonchev–Trinajstić information content (AvgIpc) is 2.60. The average molecular weight is 334 g/mol. The molecule has 1 aromatic heterocycles. The lowest BCUT2D eigenvalue weighted by Gasteiger charge is -2.06. The molecule has 0 atom stereocenters. The Balaban J connectivity index is 1.62. The minimum absolute atomic E-state index is 0.221. The third-order valence-corrected chi connectivity index (χ3v) is 3.36. The maximum absolute atomic E-state index is 11.4. The smallest absolute Gasteiger partial charge is 0.252 e. The van der Waals surface area contributed by atoms with Crippen molar-refractivity contribution in [3.05, 3.63) is 87.8 Å². The summed E-state index contributed by atoms with van der Waals surface area (Å²) in [7, 11) is 0. The highest BCUT2D eigenvalue weighted by atomic mass is 16.5. The van der Waals surface area contributed by atoms with E-state index in [4.69, 9.17) is 4.74 Å². The summed E-state index contributed by atoms with van der Waals surface area (Å²) in [5.74, 6) is 1.06. The first kappa shape index (κ1) is 16.4. The summed E-state index contributed by atoms with van der Waals surface area (Å²) >= 11 is 0. The number of hydrazone groups is 1. The Morgan fingerprint density at radius 2 is 2.00 bits per heavy atom. The van der Waals surface area contributed by atoms with Crippen molar-refractivity contribution < 1.29 is 4.74 Å². The molecule has 0 amide bonds. The molecule has 2 aromatic carbocycles. The fourth-order valence-corrected chi connectivity index (χ4v) is 2.23. The number of aromatic nitrogens is 2. The van der Waals surface area contributed by atoms with Crippen LogP contribution in [0.3, 0.4) is 0 Å². The first-order chi connectivity index (χ1) is 12.2. The zero-order valence-corrected chi connectivity index (χ0v) is 13.8. The molecule has 3 rings (SSSR count). The van der Waals surface area contributed by atoms with Gasteiger partial charge in [-0.15, -0.1) is 0 Å². The van der Waals surface area contributed by atoms with Crippen LogP contribution >= 0.6 is 0 Å². The van der Waals surface area contributed by atoms with E-state index in [1.165, 1.54) is 6.07 Å². The van der Waals surface area contributed by atoms with Gasteiger partial charge in [0, 0.05) is 11.8 Å². The molecule has 0 saturated carbocycles. The second-order valence-electron chi connectivity index (χ2n) is 5.45. The number of aryl methyl sites for hydroxylation is 1. The molecule has 0 saturated heterocycles. The lowest BCUT2D eigenvalue weighted by molar-refractivity contribution is 0.306. The van der Waals surface area contributed by atoms with E-state index in [1.54, 1.807) is 13.1 Å². The Kier molecular flexibility index (Phi) is 5.21. The van der Waals surface area contributed by atoms with Crippen LogP contribution in [0.4, 0.5) is 5.95 Å². The van der Waals surface area contributed by atoms with Gasteiger partial charge in [-0.05, 0) is 30.2 Å². The van der Waals surface area contributed by atoms with Crippen molar-refractivity contribution in [2.45, 2.75) is 13.5 Å². The Morgan fingerprint density at radius 3 is 2.80 bits per heavy atom. The van der Waals surface area contributed by atoms with E-state index in [9.17, 15) is 4.79 Å². The van der Waals surface area contributed by atoms with Gasteiger partial charge in [-0.1, -0.05) is 42.5 Å². The van der Waals surface area contributed by atoms with Gasteiger partial charge in [0.05, 0.1) is 6.21 Å². The maximum Gasteiger partial charge on any atom is 0.252 e. The quantitative estimate of drug-likeness (QED) is 0.536. The van der Waals surface area contributed by atoms with Gasteiger partial charge in [0.1, 0.15) is 12.4 Å². The summed E-state index contributed by atoms with van der Waals surface area (Å²) in [4.78, 5) is 18.1. The molecular weight excluding hydrogens is 316 g/mol. The van der Waals surface area contributed by atoms with Crippen LogP contribution in [-0.4, -0.2) is 16.2 Å². The number of hydrogen-bond donors (Lipinski definition) is 2. The summed E-state index contributed by atoms with van der Waals surface area (Å²) in [6.45, 7) is 2.26. The van der Waals surface area contributed by atoms with Crippen LogP contribution in [0.2, 0.25) is 0 Å². The molecule has 0 fully saturated rings. The van der Waals surface area contributed by atoms with Crippen molar-refractivity contribution in [2.24, 2.45) is 5.10 Å². The van der Waals surface area contributed by atoms with E-state index < -0.39 is 0 Å². The number of nitrogens with one attached hydrogen (secondary N) is 2. The first-order valence-electron chi connectivity index (χ1n) is 7.83. The van der Waals surface area contributed by atoms with Crippen molar-refractivity contribution >= 4 is 12.2 Å². The van der Waals surface area contributed by atoms with Gasteiger partial charge >= 0.3 is 0 Å². The van der Waals surface area contributed by atoms with E-state index in [0.29, 0.717) is 18.2 Å². The second-order valence-corrected chi connectivity index (χ2v) is 5.45. The fourth-order valence-electron chi connectivity index (χ4n) is 2.23. The molecule has 3 aromatic rings. The third kappa shape index (κ3) is 5.04. The molecule has 0 aliphatic rings. The van der Waals surface area contributed by atoms with Gasteiger partial charge < -0.3 is 4.74 Å². The highest BCUT2D eigenvalue weighted by Crippen LogP contribution is 2.14. The number of aromatic amines is 1. The molecular formula is C19H18N4O2. The second kappa shape index (κ2) is 7.92. The van der Waals surface area contributed by atoms with Crippen LogP contribution in [0, 0.1) is 6.92 Å².